The fourth-order valence-corrected chi connectivity index (χ4v) is 5.33. The van der Waals surface area contributed by atoms with Gasteiger partial charge in [-0.2, -0.15) is 0 Å². The van der Waals surface area contributed by atoms with Gasteiger partial charge in [-0.25, -0.2) is 8.42 Å². The lowest BCUT2D eigenvalue weighted by atomic mass is 9.89. The number of nitrogens with zero attached hydrogens (tertiary/aromatic N) is 1. The van der Waals surface area contributed by atoms with Crippen LogP contribution in [0.5, 0.6) is 5.75 Å². The number of ether oxygens (including phenoxy) is 1. The molecule has 0 saturated heterocycles. The zero-order valence-corrected chi connectivity index (χ0v) is 19.6. The molecule has 1 N–H and O–H groups in total. The summed E-state index contributed by atoms with van der Waals surface area (Å²) in [5, 5.41) is 0. The molecular formula is C22H27BrN2O4S. The second-order valence-corrected chi connectivity index (χ2v) is 10.2. The lowest BCUT2D eigenvalue weighted by Gasteiger charge is -2.27. The minimum absolute atomic E-state index is 0.0650. The van der Waals surface area contributed by atoms with Crippen molar-refractivity contribution in [2.75, 3.05) is 25.4 Å². The maximum atomic E-state index is 13.0. The highest BCUT2D eigenvalue weighted by molar-refractivity contribution is 9.10. The van der Waals surface area contributed by atoms with E-state index in [2.05, 4.69) is 20.7 Å². The van der Waals surface area contributed by atoms with Crippen molar-refractivity contribution in [2.45, 2.75) is 37.0 Å². The number of hydrogen-bond donors (Lipinski definition) is 1. The number of benzene rings is 2. The van der Waals surface area contributed by atoms with Gasteiger partial charge in [-0.05, 0) is 61.2 Å². The van der Waals surface area contributed by atoms with Crippen LogP contribution in [-0.2, 0) is 10.0 Å². The van der Waals surface area contributed by atoms with E-state index >= 15 is 0 Å². The van der Waals surface area contributed by atoms with Gasteiger partial charge in [-0.3, -0.25) is 9.52 Å². The highest BCUT2D eigenvalue weighted by atomic mass is 79.9. The van der Waals surface area contributed by atoms with Crippen molar-refractivity contribution in [3.8, 4) is 5.75 Å². The zero-order chi connectivity index (χ0) is 21.7. The van der Waals surface area contributed by atoms with E-state index in [0.29, 0.717) is 23.7 Å². The Hall–Kier alpha value is -2.06. The first-order valence-electron chi connectivity index (χ1n) is 10.0. The molecule has 0 heterocycles. The zero-order valence-electron chi connectivity index (χ0n) is 17.2. The molecular weight excluding hydrogens is 468 g/mol. The number of carbonyl (C=O) groups excluding carboxylic acids is 1. The van der Waals surface area contributed by atoms with E-state index < -0.39 is 10.0 Å². The van der Waals surface area contributed by atoms with Crippen molar-refractivity contribution in [1.82, 2.24) is 4.90 Å². The molecule has 30 heavy (non-hydrogen) atoms. The first-order valence-corrected chi connectivity index (χ1v) is 12.3. The SMILES string of the molecule is COc1ccc(C(=O)N(C)CC2CCCCC2)cc1S(=O)(=O)Nc1ccc(Br)cc1. The normalized spacial score (nSPS) is 14.9. The Kier molecular flexibility index (Phi) is 7.41. The molecule has 0 atom stereocenters. The molecule has 1 fully saturated rings. The molecule has 0 aliphatic heterocycles. The second kappa shape index (κ2) is 9.83. The summed E-state index contributed by atoms with van der Waals surface area (Å²) in [7, 11) is -0.758. The first-order chi connectivity index (χ1) is 14.3. The Labute approximate surface area is 186 Å². The predicted octanol–water partition coefficient (Wildman–Crippen LogP) is 4.91. The van der Waals surface area contributed by atoms with Crippen LogP contribution < -0.4 is 9.46 Å². The van der Waals surface area contributed by atoms with Gasteiger partial charge < -0.3 is 9.64 Å². The molecule has 0 aromatic heterocycles. The Morgan fingerprint density at radius 2 is 1.80 bits per heavy atom. The van der Waals surface area contributed by atoms with E-state index in [-0.39, 0.29) is 16.6 Å². The van der Waals surface area contributed by atoms with E-state index in [4.69, 9.17) is 4.74 Å². The minimum atomic E-state index is -3.94. The lowest BCUT2D eigenvalue weighted by molar-refractivity contribution is 0.0760. The number of methoxy groups -OCH3 is 1. The molecule has 3 rings (SSSR count). The fourth-order valence-electron chi connectivity index (χ4n) is 3.81. The van der Waals surface area contributed by atoms with Crippen molar-refractivity contribution in [3.63, 3.8) is 0 Å². The Balaban J connectivity index is 1.83. The van der Waals surface area contributed by atoms with Gasteiger partial charge in [-0.1, -0.05) is 35.2 Å². The third-order valence-electron chi connectivity index (χ3n) is 5.40. The molecule has 6 nitrogen and oxygen atoms in total. The molecule has 0 bridgehead atoms. The monoisotopic (exact) mass is 494 g/mol. The van der Waals surface area contributed by atoms with Crippen LogP contribution in [0.2, 0.25) is 0 Å². The highest BCUT2D eigenvalue weighted by Crippen LogP contribution is 2.29. The van der Waals surface area contributed by atoms with Crippen LogP contribution in [0.3, 0.4) is 0 Å². The Morgan fingerprint density at radius 1 is 1.13 bits per heavy atom. The van der Waals surface area contributed by atoms with Crippen LogP contribution in [0.4, 0.5) is 5.69 Å². The van der Waals surface area contributed by atoms with Gasteiger partial charge >= 0.3 is 0 Å². The van der Waals surface area contributed by atoms with Gasteiger partial charge in [0.25, 0.3) is 15.9 Å². The third kappa shape index (κ3) is 5.55. The minimum Gasteiger partial charge on any atom is -0.495 e. The largest absolute Gasteiger partial charge is 0.495 e. The number of carbonyl (C=O) groups is 1. The molecule has 8 heteroatoms. The first kappa shape index (κ1) is 22.6. The van der Waals surface area contributed by atoms with Crippen molar-refractivity contribution >= 4 is 37.5 Å². The van der Waals surface area contributed by atoms with Crippen LogP contribution in [-0.4, -0.2) is 39.9 Å². The van der Waals surface area contributed by atoms with Gasteiger partial charge in [-0.15, -0.1) is 0 Å². The topological polar surface area (TPSA) is 75.7 Å². The predicted molar refractivity (Wildman–Crippen MR) is 121 cm³/mol. The average Bonchev–Trinajstić information content (AvgIpc) is 2.75. The summed E-state index contributed by atoms with van der Waals surface area (Å²) in [4.78, 5) is 14.6. The van der Waals surface area contributed by atoms with Crippen molar-refractivity contribution < 1.29 is 17.9 Å². The molecule has 1 amide bonds. The van der Waals surface area contributed by atoms with E-state index in [1.54, 1.807) is 42.3 Å². The maximum absolute atomic E-state index is 13.0. The van der Waals surface area contributed by atoms with Crippen LogP contribution in [0.25, 0.3) is 0 Å². The van der Waals surface area contributed by atoms with Crippen molar-refractivity contribution in [2.24, 2.45) is 5.92 Å². The smallest absolute Gasteiger partial charge is 0.265 e. The number of hydrogen-bond acceptors (Lipinski definition) is 4. The molecule has 0 spiro atoms. The molecule has 1 aliphatic rings. The number of amides is 1. The van der Waals surface area contributed by atoms with Gasteiger partial charge in [0.1, 0.15) is 10.6 Å². The Bertz CT molecular complexity index is 987. The summed E-state index contributed by atoms with van der Waals surface area (Å²) in [5.41, 5.74) is 0.747. The van der Waals surface area contributed by atoms with E-state index in [9.17, 15) is 13.2 Å². The van der Waals surface area contributed by atoms with Gasteiger partial charge in [0, 0.05) is 29.3 Å². The summed E-state index contributed by atoms with van der Waals surface area (Å²) >= 11 is 3.33. The third-order valence-corrected chi connectivity index (χ3v) is 7.33. The number of rotatable bonds is 7. The molecule has 162 valence electrons. The molecule has 2 aromatic carbocycles. The van der Waals surface area contributed by atoms with Gasteiger partial charge in [0.2, 0.25) is 0 Å². The van der Waals surface area contributed by atoms with Crippen molar-refractivity contribution in [3.05, 3.63) is 52.5 Å². The number of halogens is 1. The molecule has 0 radical (unpaired) electrons. The number of sulfonamides is 1. The lowest BCUT2D eigenvalue weighted by Crippen LogP contribution is -2.32. The summed E-state index contributed by atoms with van der Waals surface area (Å²) in [5.74, 6) is 0.502. The summed E-state index contributed by atoms with van der Waals surface area (Å²) in [6.07, 6.45) is 5.95. The van der Waals surface area contributed by atoms with Crippen LogP contribution in [0, 0.1) is 5.92 Å². The van der Waals surface area contributed by atoms with Gasteiger partial charge in [0.05, 0.1) is 7.11 Å². The Morgan fingerprint density at radius 3 is 2.43 bits per heavy atom. The van der Waals surface area contributed by atoms with Crippen LogP contribution in [0.15, 0.2) is 51.8 Å². The van der Waals surface area contributed by atoms with E-state index in [0.717, 1.165) is 17.3 Å². The summed E-state index contributed by atoms with van der Waals surface area (Å²) in [6, 6.07) is 11.3. The molecule has 0 unspecified atom stereocenters. The van der Waals surface area contributed by atoms with Crippen molar-refractivity contribution in [1.29, 1.82) is 0 Å². The number of anilines is 1. The molecule has 1 saturated carbocycles. The van der Waals surface area contributed by atoms with E-state index in [1.165, 1.54) is 38.5 Å². The quantitative estimate of drug-likeness (QED) is 0.592. The maximum Gasteiger partial charge on any atom is 0.265 e. The van der Waals surface area contributed by atoms with E-state index in [1.807, 2.05) is 0 Å². The van der Waals surface area contributed by atoms with Crippen LogP contribution >= 0.6 is 15.9 Å². The highest BCUT2D eigenvalue weighted by Gasteiger charge is 2.24. The average molecular weight is 495 g/mol. The fraction of sp³-hybridized carbons (Fsp3) is 0.409. The summed E-state index contributed by atoms with van der Waals surface area (Å²) < 4.78 is 34.6. The second-order valence-electron chi connectivity index (χ2n) is 7.67. The standard InChI is InChI=1S/C22H27BrN2O4S/c1-25(15-16-6-4-3-5-7-16)22(26)17-8-13-20(29-2)21(14-17)30(27,28)24-19-11-9-18(23)10-12-19/h8-14,16,24H,3-7,15H2,1-2H3. The molecule has 1 aliphatic carbocycles. The van der Waals surface area contributed by atoms with Crippen LogP contribution in [0.1, 0.15) is 42.5 Å². The van der Waals surface area contributed by atoms with Gasteiger partial charge in [0.15, 0.2) is 0 Å². The molecule has 2 aromatic rings. The number of nitrogens with one attached hydrogen (secondary N) is 1. The summed E-state index contributed by atoms with van der Waals surface area (Å²) in [6.45, 7) is 0.685.